The molecule has 0 saturated carbocycles. The topological polar surface area (TPSA) is 84.7 Å². The van der Waals surface area contributed by atoms with Gasteiger partial charge in [-0.15, -0.1) is 0 Å². The van der Waals surface area contributed by atoms with Crippen molar-refractivity contribution in [3.8, 4) is 11.5 Å². The number of nitrogens with one attached hydrogen (secondary N) is 1. The quantitative estimate of drug-likeness (QED) is 0.794. The molecule has 148 valence electrons. The van der Waals surface area contributed by atoms with Crippen LogP contribution in [-0.2, 0) is 4.79 Å². The van der Waals surface area contributed by atoms with E-state index in [1.54, 1.807) is 0 Å². The number of nitrogens with zero attached hydrogens (tertiary/aromatic N) is 1. The Balaban J connectivity index is 1.74. The Morgan fingerprint density at radius 1 is 0.964 bits per heavy atom. The van der Waals surface area contributed by atoms with Crippen LogP contribution in [0.2, 0.25) is 0 Å². The van der Waals surface area contributed by atoms with Crippen molar-refractivity contribution in [3.05, 3.63) is 60.2 Å². The second-order valence-corrected chi connectivity index (χ2v) is 7.05. The van der Waals surface area contributed by atoms with E-state index in [2.05, 4.69) is 5.32 Å². The summed E-state index contributed by atoms with van der Waals surface area (Å²) in [4.78, 5) is 26.2. The summed E-state index contributed by atoms with van der Waals surface area (Å²) in [5.41, 5.74) is 6.15. The Hall–Kier alpha value is -3.02. The number of hydrogen-bond acceptors (Lipinski definition) is 3. The van der Waals surface area contributed by atoms with E-state index in [0.717, 1.165) is 50.1 Å². The van der Waals surface area contributed by atoms with Crippen molar-refractivity contribution in [1.29, 1.82) is 0 Å². The second kappa shape index (κ2) is 9.78. The third-order valence-electron chi connectivity index (χ3n) is 4.89. The lowest BCUT2D eigenvalue weighted by atomic mass is 10.0. The van der Waals surface area contributed by atoms with E-state index in [9.17, 15) is 9.59 Å². The Morgan fingerprint density at radius 3 is 2.32 bits per heavy atom. The molecule has 1 atom stereocenters. The van der Waals surface area contributed by atoms with E-state index in [1.807, 2.05) is 59.5 Å². The molecule has 1 aliphatic heterocycles. The molecule has 0 aliphatic carbocycles. The van der Waals surface area contributed by atoms with Crippen LogP contribution < -0.4 is 15.8 Å². The second-order valence-electron chi connectivity index (χ2n) is 7.05. The Kier molecular flexibility index (Phi) is 6.89. The number of primary amides is 1. The van der Waals surface area contributed by atoms with Crippen LogP contribution >= 0.6 is 0 Å². The van der Waals surface area contributed by atoms with E-state index in [-0.39, 0.29) is 12.3 Å². The molecule has 2 aromatic rings. The van der Waals surface area contributed by atoms with Crippen LogP contribution in [0.15, 0.2) is 54.6 Å². The van der Waals surface area contributed by atoms with Gasteiger partial charge in [0.2, 0.25) is 5.91 Å². The molecule has 0 bridgehead atoms. The van der Waals surface area contributed by atoms with Gasteiger partial charge in [-0.05, 0) is 42.7 Å². The van der Waals surface area contributed by atoms with Gasteiger partial charge in [-0.2, -0.15) is 0 Å². The number of amides is 3. The number of carbonyl (C=O) groups is 2. The summed E-state index contributed by atoms with van der Waals surface area (Å²) < 4.78 is 5.87. The van der Waals surface area contributed by atoms with Crippen molar-refractivity contribution in [2.45, 2.75) is 38.1 Å². The average Bonchev–Trinajstić information content (AvgIpc) is 2.98. The zero-order valence-electron chi connectivity index (χ0n) is 16.0. The first-order chi connectivity index (χ1) is 13.6. The molecule has 28 heavy (non-hydrogen) atoms. The first-order valence-corrected chi connectivity index (χ1v) is 9.78. The van der Waals surface area contributed by atoms with Gasteiger partial charge in [0.05, 0.1) is 12.5 Å². The van der Waals surface area contributed by atoms with Gasteiger partial charge in [0.15, 0.2) is 0 Å². The molecular weight excluding hydrogens is 354 g/mol. The van der Waals surface area contributed by atoms with Crippen LogP contribution in [0.25, 0.3) is 0 Å². The highest BCUT2D eigenvalue weighted by molar-refractivity contribution is 5.79. The van der Waals surface area contributed by atoms with Crippen molar-refractivity contribution in [3.63, 3.8) is 0 Å². The maximum Gasteiger partial charge on any atom is 0.312 e. The normalized spacial score (nSPS) is 15.4. The minimum Gasteiger partial charge on any atom is -0.457 e. The van der Waals surface area contributed by atoms with Crippen LogP contribution in [0.4, 0.5) is 4.79 Å². The summed E-state index contributed by atoms with van der Waals surface area (Å²) in [5, 5.41) is 2.71. The van der Waals surface area contributed by atoms with Crippen molar-refractivity contribution >= 4 is 11.9 Å². The number of nitrogens with two attached hydrogens (primary N) is 1. The van der Waals surface area contributed by atoms with Crippen LogP contribution in [0, 0.1) is 0 Å². The fraction of sp³-hybridized carbons (Fsp3) is 0.364. The predicted octanol–water partition coefficient (Wildman–Crippen LogP) is 3.98. The molecular formula is C22H27N3O3. The Bertz CT molecular complexity index is 787. The number of hydrogen-bond donors (Lipinski definition) is 2. The number of rotatable bonds is 6. The fourth-order valence-corrected chi connectivity index (χ4v) is 3.47. The summed E-state index contributed by atoms with van der Waals surface area (Å²) in [6.07, 6.45) is 4.55. The van der Waals surface area contributed by atoms with Gasteiger partial charge in [0.25, 0.3) is 0 Å². The van der Waals surface area contributed by atoms with E-state index >= 15 is 0 Å². The highest BCUT2D eigenvalue weighted by Gasteiger charge is 2.22. The monoisotopic (exact) mass is 381 g/mol. The smallest absolute Gasteiger partial charge is 0.312 e. The minimum absolute atomic E-state index is 0.0371. The van der Waals surface area contributed by atoms with Gasteiger partial charge < -0.3 is 20.7 Å². The summed E-state index contributed by atoms with van der Waals surface area (Å²) in [6, 6.07) is 15.7. The number of urea groups is 1. The number of carbonyl (C=O) groups excluding carboxylic acids is 2. The number of ether oxygens (including phenoxy) is 1. The van der Waals surface area contributed by atoms with Crippen LogP contribution in [0.3, 0.4) is 0 Å². The van der Waals surface area contributed by atoms with E-state index in [0.29, 0.717) is 5.75 Å². The first-order valence-electron chi connectivity index (χ1n) is 9.78. The van der Waals surface area contributed by atoms with Crippen molar-refractivity contribution in [1.82, 2.24) is 10.2 Å². The molecule has 0 radical (unpaired) electrons. The summed E-state index contributed by atoms with van der Waals surface area (Å²) in [5.74, 6) is 1.40. The minimum atomic E-state index is -0.650. The van der Waals surface area contributed by atoms with Gasteiger partial charge >= 0.3 is 6.03 Å². The van der Waals surface area contributed by atoms with Gasteiger partial charge in [0.1, 0.15) is 11.5 Å². The number of benzene rings is 2. The van der Waals surface area contributed by atoms with E-state index < -0.39 is 12.1 Å². The van der Waals surface area contributed by atoms with Crippen LogP contribution in [0.1, 0.15) is 43.7 Å². The molecule has 1 unspecified atom stereocenters. The van der Waals surface area contributed by atoms with E-state index in [1.165, 1.54) is 0 Å². The largest absolute Gasteiger partial charge is 0.457 e. The molecule has 1 aliphatic rings. The molecule has 3 rings (SSSR count). The molecule has 2 aromatic carbocycles. The summed E-state index contributed by atoms with van der Waals surface area (Å²) in [6.45, 7) is 1.55. The average molecular weight is 381 g/mol. The number of likely N-dealkylation sites (tertiary alicyclic amines) is 1. The third-order valence-corrected chi connectivity index (χ3v) is 4.89. The van der Waals surface area contributed by atoms with Gasteiger partial charge in [-0.1, -0.05) is 43.2 Å². The molecule has 6 heteroatoms. The molecule has 1 saturated heterocycles. The Labute approximate surface area is 165 Å². The fourth-order valence-electron chi connectivity index (χ4n) is 3.47. The molecule has 1 fully saturated rings. The SMILES string of the molecule is NC(=O)NC(CC(=O)N1CCCCCC1)c1cccc(Oc2ccccc2)c1. The van der Waals surface area contributed by atoms with Crippen molar-refractivity contribution < 1.29 is 14.3 Å². The van der Waals surface area contributed by atoms with Crippen molar-refractivity contribution in [2.24, 2.45) is 5.73 Å². The predicted molar refractivity (Wildman–Crippen MR) is 108 cm³/mol. The molecule has 0 spiro atoms. The van der Waals surface area contributed by atoms with Gasteiger partial charge in [-0.25, -0.2) is 4.79 Å². The summed E-state index contributed by atoms with van der Waals surface area (Å²) >= 11 is 0. The molecule has 3 amide bonds. The maximum atomic E-state index is 12.8. The first kappa shape index (κ1) is 19.7. The van der Waals surface area contributed by atoms with Crippen LogP contribution in [0.5, 0.6) is 11.5 Å². The molecule has 6 nitrogen and oxygen atoms in total. The molecule has 0 aromatic heterocycles. The lowest BCUT2D eigenvalue weighted by Gasteiger charge is -2.24. The van der Waals surface area contributed by atoms with Crippen LogP contribution in [-0.4, -0.2) is 29.9 Å². The van der Waals surface area contributed by atoms with Gasteiger partial charge in [-0.3, -0.25) is 4.79 Å². The van der Waals surface area contributed by atoms with E-state index in [4.69, 9.17) is 10.5 Å². The van der Waals surface area contributed by atoms with Gasteiger partial charge in [0, 0.05) is 13.1 Å². The zero-order valence-corrected chi connectivity index (χ0v) is 16.0. The maximum absolute atomic E-state index is 12.8. The molecule has 1 heterocycles. The highest BCUT2D eigenvalue weighted by atomic mass is 16.5. The Morgan fingerprint density at radius 2 is 1.64 bits per heavy atom. The number of para-hydroxylation sites is 1. The molecule has 3 N–H and O–H groups in total. The third kappa shape index (κ3) is 5.74. The lowest BCUT2D eigenvalue weighted by Crippen LogP contribution is -2.38. The summed E-state index contributed by atoms with van der Waals surface area (Å²) in [7, 11) is 0. The zero-order chi connectivity index (χ0) is 19.8. The highest BCUT2D eigenvalue weighted by Crippen LogP contribution is 2.26. The lowest BCUT2D eigenvalue weighted by molar-refractivity contribution is -0.131. The standard InChI is InChI=1S/C22H27N3O3/c23-22(27)24-20(16-21(26)25-13-6-1-2-7-14-25)17-9-8-12-19(15-17)28-18-10-4-3-5-11-18/h3-5,8-12,15,20H,1-2,6-7,13-14,16H2,(H3,23,24,27). The van der Waals surface area contributed by atoms with Crippen molar-refractivity contribution in [2.75, 3.05) is 13.1 Å².